The molecule has 0 bridgehead atoms. The molecule has 1 N–H and O–H groups in total. The van der Waals surface area contributed by atoms with Crippen LogP contribution in [0.3, 0.4) is 0 Å². The van der Waals surface area contributed by atoms with E-state index in [9.17, 15) is 9.59 Å². The summed E-state index contributed by atoms with van der Waals surface area (Å²) in [7, 11) is 4.66. The standard InChI is InChI=1S/C22H24N2O5/c1-13(2)24-21(25)19(14-6-9-16(27-3)10-7-14)20(22(24)26)23-15-8-11-17(28-4)18(12-15)29-5/h6-13,23H,1-5H3. The Morgan fingerprint density at radius 1 is 0.828 bits per heavy atom. The zero-order valence-electron chi connectivity index (χ0n) is 17.1. The van der Waals surface area contributed by atoms with Gasteiger partial charge in [-0.15, -0.1) is 0 Å². The minimum Gasteiger partial charge on any atom is -0.497 e. The third-order valence-corrected chi connectivity index (χ3v) is 4.66. The molecule has 7 heteroatoms. The van der Waals surface area contributed by atoms with Crippen LogP contribution in [-0.2, 0) is 9.59 Å². The van der Waals surface area contributed by atoms with Crippen LogP contribution >= 0.6 is 0 Å². The molecule has 2 amide bonds. The molecule has 1 heterocycles. The fraction of sp³-hybridized carbons (Fsp3) is 0.273. The summed E-state index contributed by atoms with van der Waals surface area (Å²) in [6.07, 6.45) is 0. The van der Waals surface area contributed by atoms with Crippen molar-refractivity contribution >= 4 is 23.1 Å². The van der Waals surface area contributed by atoms with Crippen LogP contribution < -0.4 is 19.5 Å². The van der Waals surface area contributed by atoms with Crippen LogP contribution in [0.4, 0.5) is 5.69 Å². The van der Waals surface area contributed by atoms with E-state index < -0.39 is 0 Å². The molecule has 1 aliphatic heterocycles. The number of nitrogens with zero attached hydrogens (tertiary/aromatic N) is 1. The Labute approximate surface area is 169 Å². The predicted octanol–water partition coefficient (Wildman–Crippen LogP) is 3.31. The van der Waals surface area contributed by atoms with Gasteiger partial charge in [0.25, 0.3) is 11.8 Å². The van der Waals surface area contributed by atoms with E-state index in [-0.39, 0.29) is 23.6 Å². The minimum atomic E-state index is -0.370. The molecule has 0 radical (unpaired) electrons. The lowest BCUT2D eigenvalue weighted by molar-refractivity contribution is -0.138. The van der Waals surface area contributed by atoms with E-state index in [0.29, 0.717) is 34.1 Å². The van der Waals surface area contributed by atoms with Crippen LogP contribution in [0.25, 0.3) is 5.57 Å². The first-order chi connectivity index (χ1) is 13.9. The molecule has 0 saturated carbocycles. The quantitative estimate of drug-likeness (QED) is 0.724. The maximum atomic E-state index is 13.1. The molecule has 2 aromatic carbocycles. The van der Waals surface area contributed by atoms with E-state index in [4.69, 9.17) is 14.2 Å². The summed E-state index contributed by atoms with van der Waals surface area (Å²) >= 11 is 0. The number of benzene rings is 2. The summed E-state index contributed by atoms with van der Waals surface area (Å²) in [4.78, 5) is 27.4. The number of imide groups is 1. The number of hydrogen-bond donors (Lipinski definition) is 1. The number of hydrogen-bond acceptors (Lipinski definition) is 6. The zero-order chi connectivity index (χ0) is 21.1. The fourth-order valence-corrected chi connectivity index (χ4v) is 3.22. The summed E-state index contributed by atoms with van der Waals surface area (Å²) in [6.45, 7) is 3.61. The lowest BCUT2D eigenvalue weighted by Crippen LogP contribution is -2.38. The van der Waals surface area contributed by atoms with E-state index in [0.717, 1.165) is 0 Å². The molecular formula is C22H24N2O5. The van der Waals surface area contributed by atoms with Crippen molar-refractivity contribution in [2.75, 3.05) is 26.6 Å². The maximum absolute atomic E-state index is 13.1. The van der Waals surface area contributed by atoms with Gasteiger partial charge in [-0.05, 0) is 43.7 Å². The highest BCUT2D eigenvalue weighted by molar-refractivity contribution is 6.36. The highest BCUT2D eigenvalue weighted by atomic mass is 16.5. The van der Waals surface area contributed by atoms with Gasteiger partial charge in [-0.25, -0.2) is 0 Å². The smallest absolute Gasteiger partial charge is 0.278 e. The van der Waals surface area contributed by atoms with Gasteiger partial charge >= 0.3 is 0 Å². The molecule has 0 aromatic heterocycles. The van der Waals surface area contributed by atoms with Crippen molar-refractivity contribution in [2.45, 2.75) is 19.9 Å². The molecule has 29 heavy (non-hydrogen) atoms. The minimum absolute atomic E-state index is 0.223. The van der Waals surface area contributed by atoms with E-state index >= 15 is 0 Å². The number of carbonyl (C=O) groups is 2. The number of amides is 2. The van der Waals surface area contributed by atoms with Crippen LogP contribution in [0.2, 0.25) is 0 Å². The molecule has 0 unspecified atom stereocenters. The molecule has 0 aliphatic carbocycles. The Morgan fingerprint density at radius 3 is 2.03 bits per heavy atom. The average molecular weight is 396 g/mol. The van der Waals surface area contributed by atoms with Gasteiger partial charge < -0.3 is 19.5 Å². The van der Waals surface area contributed by atoms with E-state index in [2.05, 4.69) is 5.32 Å². The van der Waals surface area contributed by atoms with Gasteiger partial charge in [0, 0.05) is 17.8 Å². The molecule has 0 fully saturated rings. The highest BCUT2D eigenvalue weighted by Gasteiger charge is 2.40. The van der Waals surface area contributed by atoms with Gasteiger partial charge in [0.15, 0.2) is 11.5 Å². The fourth-order valence-electron chi connectivity index (χ4n) is 3.22. The molecule has 0 spiro atoms. The topological polar surface area (TPSA) is 77.1 Å². The first kappa shape index (κ1) is 20.3. The Kier molecular flexibility index (Phi) is 5.77. The predicted molar refractivity (Wildman–Crippen MR) is 110 cm³/mol. The van der Waals surface area contributed by atoms with Gasteiger partial charge in [-0.3, -0.25) is 14.5 Å². The number of rotatable bonds is 7. The lowest BCUT2D eigenvalue weighted by Gasteiger charge is -2.19. The van der Waals surface area contributed by atoms with Crippen molar-refractivity contribution in [3.05, 3.63) is 53.7 Å². The SMILES string of the molecule is COc1ccc(C2=C(Nc3ccc(OC)c(OC)c3)C(=O)N(C(C)C)C2=O)cc1. The summed E-state index contributed by atoms with van der Waals surface area (Å²) in [6, 6.07) is 12.0. The third-order valence-electron chi connectivity index (χ3n) is 4.66. The number of methoxy groups -OCH3 is 3. The second-order valence-corrected chi connectivity index (χ2v) is 6.75. The third kappa shape index (κ3) is 3.76. The van der Waals surface area contributed by atoms with Crippen LogP contribution in [0.5, 0.6) is 17.2 Å². The van der Waals surface area contributed by atoms with Gasteiger partial charge in [-0.1, -0.05) is 12.1 Å². The second-order valence-electron chi connectivity index (χ2n) is 6.75. The molecule has 7 nitrogen and oxygen atoms in total. The summed E-state index contributed by atoms with van der Waals surface area (Å²) in [5, 5.41) is 3.11. The van der Waals surface area contributed by atoms with Crippen molar-refractivity contribution in [3.8, 4) is 17.2 Å². The Balaban J connectivity index is 2.07. The first-order valence-corrected chi connectivity index (χ1v) is 9.16. The van der Waals surface area contributed by atoms with Crippen molar-refractivity contribution < 1.29 is 23.8 Å². The van der Waals surface area contributed by atoms with Gasteiger partial charge in [0.1, 0.15) is 11.4 Å². The summed E-state index contributed by atoms with van der Waals surface area (Å²) < 4.78 is 15.8. The van der Waals surface area contributed by atoms with Crippen molar-refractivity contribution in [3.63, 3.8) is 0 Å². The molecule has 3 rings (SSSR count). The van der Waals surface area contributed by atoms with Gasteiger partial charge in [0.2, 0.25) is 0 Å². The maximum Gasteiger partial charge on any atom is 0.278 e. The van der Waals surface area contributed by atoms with Crippen LogP contribution in [0.1, 0.15) is 19.4 Å². The van der Waals surface area contributed by atoms with Crippen molar-refractivity contribution in [2.24, 2.45) is 0 Å². The summed E-state index contributed by atoms with van der Waals surface area (Å²) in [5.74, 6) is 1.05. The number of nitrogens with one attached hydrogen (secondary N) is 1. The molecule has 1 aliphatic rings. The Morgan fingerprint density at radius 2 is 1.48 bits per heavy atom. The number of carbonyl (C=O) groups excluding carboxylic acids is 2. The Hall–Kier alpha value is -3.48. The molecule has 0 atom stereocenters. The largest absolute Gasteiger partial charge is 0.497 e. The first-order valence-electron chi connectivity index (χ1n) is 9.16. The van der Waals surface area contributed by atoms with Gasteiger partial charge in [0.05, 0.1) is 26.9 Å². The molecule has 2 aromatic rings. The molecular weight excluding hydrogens is 372 g/mol. The normalized spacial score (nSPS) is 13.9. The summed E-state index contributed by atoms with van der Waals surface area (Å²) in [5.41, 5.74) is 1.79. The monoisotopic (exact) mass is 396 g/mol. The zero-order valence-corrected chi connectivity index (χ0v) is 17.1. The molecule has 0 saturated heterocycles. The highest BCUT2D eigenvalue weighted by Crippen LogP contribution is 2.35. The van der Waals surface area contributed by atoms with E-state index in [1.165, 1.54) is 12.0 Å². The van der Waals surface area contributed by atoms with E-state index in [1.807, 2.05) is 0 Å². The van der Waals surface area contributed by atoms with Crippen LogP contribution in [0.15, 0.2) is 48.2 Å². The van der Waals surface area contributed by atoms with Crippen LogP contribution in [0, 0.1) is 0 Å². The van der Waals surface area contributed by atoms with Crippen LogP contribution in [-0.4, -0.2) is 44.1 Å². The van der Waals surface area contributed by atoms with Gasteiger partial charge in [-0.2, -0.15) is 0 Å². The molecule has 152 valence electrons. The Bertz CT molecular complexity index is 964. The van der Waals surface area contributed by atoms with E-state index in [1.54, 1.807) is 70.5 Å². The number of anilines is 1. The average Bonchev–Trinajstić information content (AvgIpc) is 2.97. The second kappa shape index (κ2) is 8.26. The lowest BCUT2D eigenvalue weighted by atomic mass is 10.0. The van der Waals surface area contributed by atoms with Crippen molar-refractivity contribution in [1.29, 1.82) is 0 Å². The number of ether oxygens (including phenoxy) is 3. The van der Waals surface area contributed by atoms with Crippen molar-refractivity contribution in [1.82, 2.24) is 4.90 Å².